The molecule has 2 aromatic rings. The Bertz CT molecular complexity index is 497. The van der Waals surface area contributed by atoms with Gasteiger partial charge in [-0.3, -0.25) is 4.79 Å². The van der Waals surface area contributed by atoms with E-state index in [4.69, 9.17) is 0 Å². The van der Waals surface area contributed by atoms with Crippen molar-refractivity contribution in [1.29, 1.82) is 0 Å². The molecule has 2 heteroatoms. The van der Waals surface area contributed by atoms with Gasteiger partial charge in [0.1, 0.15) is 0 Å². The maximum atomic E-state index is 10.6. The Morgan fingerprint density at radius 1 is 1.13 bits per heavy atom. The fraction of sp³-hybridized carbons (Fsp3) is 0.154. The summed E-state index contributed by atoms with van der Waals surface area (Å²) in [4.78, 5) is 12.6. The Balaban J connectivity index is 2.53. The molecule has 0 unspecified atom stereocenters. The van der Waals surface area contributed by atoms with Crippen LogP contribution < -0.4 is 0 Å². The van der Waals surface area contributed by atoms with E-state index in [1.54, 1.807) is 11.3 Å². The van der Waals surface area contributed by atoms with E-state index in [1.807, 2.05) is 12.1 Å². The second kappa shape index (κ2) is 3.99. The van der Waals surface area contributed by atoms with Gasteiger partial charge < -0.3 is 0 Å². The summed E-state index contributed by atoms with van der Waals surface area (Å²) >= 11 is 1.54. The van der Waals surface area contributed by atoms with Crippen molar-refractivity contribution in [3.05, 3.63) is 46.3 Å². The Hall–Kier alpha value is -1.41. The summed E-state index contributed by atoms with van der Waals surface area (Å²) in [5, 5.41) is 0. The largest absolute Gasteiger partial charge is 0.297 e. The fourth-order valence-electron chi connectivity index (χ4n) is 1.58. The molecule has 2 rings (SSSR count). The molecule has 76 valence electrons. The van der Waals surface area contributed by atoms with Crippen LogP contribution in [0, 0.1) is 13.8 Å². The van der Waals surface area contributed by atoms with E-state index in [0.717, 1.165) is 11.2 Å². The van der Waals surface area contributed by atoms with Crippen LogP contribution in [-0.4, -0.2) is 6.29 Å². The summed E-state index contributed by atoms with van der Waals surface area (Å²) in [6.07, 6.45) is 0.902. The van der Waals surface area contributed by atoms with E-state index in [9.17, 15) is 4.79 Å². The van der Waals surface area contributed by atoms with Crippen molar-refractivity contribution >= 4 is 17.6 Å². The van der Waals surface area contributed by atoms with Crippen molar-refractivity contribution in [2.45, 2.75) is 13.8 Å². The van der Waals surface area contributed by atoms with Crippen molar-refractivity contribution in [2.75, 3.05) is 0 Å². The Morgan fingerprint density at radius 2 is 1.93 bits per heavy atom. The van der Waals surface area contributed by atoms with Gasteiger partial charge in [0, 0.05) is 4.88 Å². The van der Waals surface area contributed by atoms with Gasteiger partial charge in [-0.1, -0.05) is 18.2 Å². The van der Waals surface area contributed by atoms with Gasteiger partial charge in [0.05, 0.1) is 4.88 Å². The topological polar surface area (TPSA) is 17.1 Å². The number of hydrogen-bond donors (Lipinski definition) is 0. The average molecular weight is 216 g/mol. The third kappa shape index (κ3) is 1.85. The van der Waals surface area contributed by atoms with Gasteiger partial charge in [0.15, 0.2) is 6.29 Å². The van der Waals surface area contributed by atoms with Gasteiger partial charge in [-0.2, -0.15) is 0 Å². The van der Waals surface area contributed by atoms with Crippen molar-refractivity contribution in [2.24, 2.45) is 0 Å². The van der Waals surface area contributed by atoms with Crippen molar-refractivity contribution in [1.82, 2.24) is 0 Å². The second-order valence-electron chi connectivity index (χ2n) is 3.57. The highest BCUT2D eigenvalue weighted by Gasteiger charge is 2.06. The first-order valence-corrected chi connectivity index (χ1v) is 5.65. The van der Waals surface area contributed by atoms with Crippen LogP contribution in [-0.2, 0) is 0 Å². The summed E-state index contributed by atoms with van der Waals surface area (Å²) in [7, 11) is 0. The van der Waals surface area contributed by atoms with Crippen molar-refractivity contribution in [3.8, 4) is 10.4 Å². The first kappa shape index (κ1) is 10.1. The van der Waals surface area contributed by atoms with E-state index < -0.39 is 0 Å². The number of benzene rings is 1. The molecule has 1 heterocycles. The van der Waals surface area contributed by atoms with Gasteiger partial charge in [-0.25, -0.2) is 0 Å². The van der Waals surface area contributed by atoms with E-state index in [0.29, 0.717) is 0 Å². The molecule has 1 aromatic heterocycles. The molecule has 0 spiro atoms. The minimum absolute atomic E-state index is 0.783. The molecule has 0 amide bonds. The molecule has 15 heavy (non-hydrogen) atoms. The molecule has 0 aliphatic carbocycles. The predicted molar refractivity (Wildman–Crippen MR) is 64.6 cm³/mol. The van der Waals surface area contributed by atoms with Crippen LogP contribution in [0.4, 0.5) is 0 Å². The van der Waals surface area contributed by atoms with Crippen LogP contribution in [0.5, 0.6) is 0 Å². The van der Waals surface area contributed by atoms with E-state index in [1.165, 1.54) is 21.6 Å². The van der Waals surface area contributed by atoms with Crippen LogP contribution >= 0.6 is 11.3 Å². The van der Waals surface area contributed by atoms with E-state index in [-0.39, 0.29) is 0 Å². The third-order valence-corrected chi connectivity index (χ3v) is 3.66. The van der Waals surface area contributed by atoms with Crippen LogP contribution in [0.3, 0.4) is 0 Å². The highest BCUT2D eigenvalue weighted by molar-refractivity contribution is 7.17. The lowest BCUT2D eigenvalue weighted by Gasteiger charge is -2.05. The normalized spacial score (nSPS) is 10.3. The van der Waals surface area contributed by atoms with Crippen LogP contribution in [0.1, 0.15) is 20.8 Å². The van der Waals surface area contributed by atoms with E-state index in [2.05, 4.69) is 32.0 Å². The van der Waals surface area contributed by atoms with Gasteiger partial charge in [-0.05, 0) is 42.7 Å². The molecule has 0 radical (unpaired) electrons. The van der Waals surface area contributed by atoms with Gasteiger partial charge in [-0.15, -0.1) is 11.3 Å². The Labute approximate surface area is 93.4 Å². The SMILES string of the molecule is Cc1cccc(-c2ccc(C=O)s2)c1C. The quantitative estimate of drug-likeness (QED) is 0.697. The minimum Gasteiger partial charge on any atom is -0.297 e. The number of carbonyl (C=O) groups is 1. The average Bonchev–Trinajstić information content (AvgIpc) is 2.70. The molecule has 1 aromatic carbocycles. The highest BCUT2D eigenvalue weighted by atomic mass is 32.1. The monoisotopic (exact) mass is 216 g/mol. The molecule has 0 atom stereocenters. The first-order chi connectivity index (χ1) is 7.22. The van der Waals surface area contributed by atoms with Crippen LogP contribution in [0.15, 0.2) is 30.3 Å². The summed E-state index contributed by atoms with van der Waals surface area (Å²) in [6.45, 7) is 4.22. The summed E-state index contributed by atoms with van der Waals surface area (Å²) in [5.41, 5.74) is 3.80. The van der Waals surface area contributed by atoms with Gasteiger partial charge >= 0.3 is 0 Å². The molecule has 0 N–H and O–H groups in total. The maximum absolute atomic E-state index is 10.6. The number of thiophene rings is 1. The minimum atomic E-state index is 0.783. The molecule has 0 aliphatic heterocycles. The third-order valence-electron chi connectivity index (χ3n) is 2.61. The summed E-state index contributed by atoms with van der Waals surface area (Å²) in [6, 6.07) is 10.1. The Kier molecular flexibility index (Phi) is 2.69. The summed E-state index contributed by atoms with van der Waals surface area (Å²) < 4.78 is 0. The maximum Gasteiger partial charge on any atom is 0.160 e. The fourth-order valence-corrected chi connectivity index (χ4v) is 2.48. The first-order valence-electron chi connectivity index (χ1n) is 4.84. The van der Waals surface area contributed by atoms with Gasteiger partial charge in [0.25, 0.3) is 0 Å². The lowest BCUT2D eigenvalue weighted by atomic mass is 10.0. The second-order valence-corrected chi connectivity index (χ2v) is 4.68. The molecule has 0 aliphatic rings. The molecule has 0 saturated heterocycles. The predicted octanol–water partition coefficient (Wildman–Crippen LogP) is 3.84. The number of rotatable bonds is 2. The van der Waals surface area contributed by atoms with Crippen molar-refractivity contribution < 1.29 is 4.79 Å². The molecule has 1 nitrogen and oxygen atoms in total. The van der Waals surface area contributed by atoms with Gasteiger partial charge in [0.2, 0.25) is 0 Å². The van der Waals surface area contributed by atoms with E-state index >= 15 is 0 Å². The molecular weight excluding hydrogens is 204 g/mol. The molecule has 0 saturated carbocycles. The standard InChI is InChI=1S/C13H12OS/c1-9-4-3-5-12(10(9)2)13-7-6-11(8-14)15-13/h3-8H,1-2H3. The number of hydrogen-bond acceptors (Lipinski definition) is 2. The van der Waals surface area contributed by atoms with Crippen LogP contribution in [0.2, 0.25) is 0 Å². The lowest BCUT2D eigenvalue weighted by molar-refractivity contribution is 0.112. The lowest BCUT2D eigenvalue weighted by Crippen LogP contribution is -1.83. The molecular formula is C13H12OS. The summed E-state index contributed by atoms with van der Waals surface area (Å²) in [5.74, 6) is 0. The zero-order valence-electron chi connectivity index (χ0n) is 8.78. The molecule has 0 fully saturated rings. The Morgan fingerprint density at radius 3 is 2.60 bits per heavy atom. The number of aldehydes is 1. The number of carbonyl (C=O) groups excluding carboxylic acids is 1. The van der Waals surface area contributed by atoms with Crippen LogP contribution in [0.25, 0.3) is 10.4 Å². The highest BCUT2D eigenvalue weighted by Crippen LogP contribution is 2.30. The zero-order valence-corrected chi connectivity index (χ0v) is 9.60. The molecule has 0 bridgehead atoms. The smallest absolute Gasteiger partial charge is 0.160 e. The number of aryl methyl sites for hydroxylation is 1. The van der Waals surface area contributed by atoms with Crippen molar-refractivity contribution in [3.63, 3.8) is 0 Å². The zero-order chi connectivity index (χ0) is 10.8.